The number of methoxy groups -OCH3 is 1. The Bertz CT molecular complexity index is 1300. The minimum absolute atomic E-state index is 0.0478. The predicted octanol–water partition coefficient (Wildman–Crippen LogP) is -1.54. The van der Waals surface area contributed by atoms with Gasteiger partial charge in [0.05, 0.1) is 33.4 Å². The molecule has 0 unspecified atom stereocenters. The minimum Gasteiger partial charge on any atom is -0.507 e. The Labute approximate surface area is 238 Å². The molecule has 0 spiro atoms. The maximum atomic E-state index is 13.0. The Morgan fingerprint density at radius 1 is 1.02 bits per heavy atom. The van der Waals surface area contributed by atoms with Crippen molar-refractivity contribution in [3.05, 3.63) is 41.5 Å². The van der Waals surface area contributed by atoms with Crippen molar-refractivity contribution in [1.29, 1.82) is 0 Å². The highest BCUT2D eigenvalue weighted by molar-refractivity contribution is 6.02. The minimum atomic E-state index is -2.04. The second-order valence-electron chi connectivity index (χ2n) is 10.3. The Morgan fingerprint density at radius 2 is 1.79 bits per heavy atom. The van der Waals surface area contributed by atoms with E-state index in [1.54, 1.807) is 6.07 Å². The fraction of sp³-hybridized carbons (Fsp3) is 0.519. The van der Waals surface area contributed by atoms with Crippen LogP contribution in [0.5, 0.6) is 28.7 Å². The second kappa shape index (κ2) is 11.8. The highest BCUT2D eigenvalue weighted by atomic mass is 16.8. The van der Waals surface area contributed by atoms with E-state index in [9.17, 15) is 45.6 Å². The normalized spacial score (nSPS) is 34.5. The summed E-state index contributed by atoms with van der Waals surface area (Å²) in [5.74, 6) is -1.02. The average molecular weight is 597 g/mol. The van der Waals surface area contributed by atoms with Crippen LogP contribution < -0.4 is 14.2 Å². The molecule has 2 saturated heterocycles. The van der Waals surface area contributed by atoms with Crippen molar-refractivity contribution in [2.75, 3.05) is 26.9 Å². The number of aliphatic hydroxyl groups excluding tert-OH is 5. The molecule has 230 valence electrons. The summed E-state index contributed by atoms with van der Waals surface area (Å²) in [4.78, 5) is 13.0. The van der Waals surface area contributed by atoms with Crippen molar-refractivity contribution in [1.82, 2.24) is 0 Å². The van der Waals surface area contributed by atoms with Gasteiger partial charge in [0, 0.05) is 12.1 Å². The molecule has 0 amide bonds. The Hall–Kier alpha value is -3.25. The highest BCUT2D eigenvalue weighted by Crippen LogP contribution is 2.44. The number of carbonyl (C=O) groups is 1. The fourth-order valence-electron chi connectivity index (χ4n) is 5.06. The maximum Gasteiger partial charge on any atom is 0.229 e. The monoisotopic (exact) mass is 596 g/mol. The summed E-state index contributed by atoms with van der Waals surface area (Å²) in [7, 11) is 1.37. The number of rotatable bonds is 8. The van der Waals surface area contributed by atoms with Crippen LogP contribution in [0.25, 0.3) is 0 Å². The van der Waals surface area contributed by atoms with Crippen LogP contribution in [0.3, 0.4) is 0 Å². The van der Waals surface area contributed by atoms with Crippen LogP contribution in [0.4, 0.5) is 0 Å². The summed E-state index contributed by atoms with van der Waals surface area (Å²) in [6.07, 6.45) is -12.2. The first-order valence-corrected chi connectivity index (χ1v) is 13.0. The molecule has 0 saturated carbocycles. The van der Waals surface area contributed by atoms with E-state index in [-0.39, 0.29) is 35.0 Å². The van der Waals surface area contributed by atoms with Crippen molar-refractivity contribution in [3.63, 3.8) is 0 Å². The number of carbonyl (C=O) groups excluding carboxylic acids is 1. The summed E-state index contributed by atoms with van der Waals surface area (Å²) in [6.45, 7) is -2.06. The third kappa shape index (κ3) is 5.46. The molecule has 0 aromatic heterocycles. The van der Waals surface area contributed by atoms with E-state index in [2.05, 4.69) is 0 Å². The van der Waals surface area contributed by atoms with E-state index in [0.717, 1.165) is 6.07 Å². The van der Waals surface area contributed by atoms with E-state index in [0.29, 0.717) is 5.56 Å². The highest BCUT2D eigenvalue weighted by Gasteiger charge is 2.53. The summed E-state index contributed by atoms with van der Waals surface area (Å²) in [5.41, 5.74) is -1.63. The molecule has 2 aromatic rings. The van der Waals surface area contributed by atoms with Gasteiger partial charge in [-0.15, -0.1) is 0 Å². The molecule has 3 aliphatic rings. The van der Waals surface area contributed by atoms with Crippen molar-refractivity contribution < 1.29 is 74.1 Å². The van der Waals surface area contributed by atoms with E-state index in [4.69, 9.17) is 28.4 Å². The second-order valence-corrected chi connectivity index (χ2v) is 10.3. The van der Waals surface area contributed by atoms with Crippen LogP contribution in [0.2, 0.25) is 0 Å². The molecule has 2 aromatic carbocycles. The van der Waals surface area contributed by atoms with Crippen LogP contribution in [0.15, 0.2) is 30.3 Å². The van der Waals surface area contributed by atoms with Crippen LogP contribution in [0.1, 0.15) is 28.4 Å². The van der Waals surface area contributed by atoms with Crippen molar-refractivity contribution in [2.45, 2.75) is 61.2 Å². The van der Waals surface area contributed by atoms with Crippen molar-refractivity contribution >= 4 is 5.78 Å². The first kappa shape index (κ1) is 30.2. The third-order valence-electron chi connectivity index (χ3n) is 7.50. The summed E-state index contributed by atoms with van der Waals surface area (Å²) >= 11 is 0. The van der Waals surface area contributed by atoms with Gasteiger partial charge in [0.2, 0.25) is 6.29 Å². The van der Waals surface area contributed by atoms with Crippen molar-refractivity contribution in [3.8, 4) is 28.7 Å². The van der Waals surface area contributed by atoms with Crippen LogP contribution in [0, 0.1) is 0 Å². The lowest BCUT2D eigenvalue weighted by Gasteiger charge is -2.42. The molecule has 5 rings (SSSR count). The molecule has 15 nitrogen and oxygen atoms in total. The molecule has 3 heterocycles. The summed E-state index contributed by atoms with van der Waals surface area (Å²) < 4.78 is 33.4. The zero-order chi connectivity index (χ0) is 30.3. The number of benzene rings is 2. The van der Waals surface area contributed by atoms with Gasteiger partial charge in [-0.2, -0.15) is 0 Å². The number of phenolic OH excluding ortho intramolecular Hbond substituents is 2. The number of ketones is 1. The first-order valence-electron chi connectivity index (χ1n) is 13.0. The average Bonchev–Trinajstić information content (AvgIpc) is 3.25. The van der Waals surface area contributed by atoms with Gasteiger partial charge < -0.3 is 69.3 Å². The molecule has 42 heavy (non-hydrogen) atoms. The number of aliphatic hydroxyl groups is 6. The zero-order valence-corrected chi connectivity index (χ0v) is 22.3. The van der Waals surface area contributed by atoms with Gasteiger partial charge in [-0.3, -0.25) is 4.79 Å². The number of phenols is 2. The maximum absolute atomic E-state index is 13.0. The Kier molecular flexibility index (Phi) is 8.48. The van der Waals surface area contributed by atoms with Gasteiger partial charge in [-0.05, 0) is 17.7 Å². The molecule has 15 heteroatoms. The molecule has 8 N–H and O–H groups in total. The number of fused-ring (bicyclic) bond motifs is 1. The number of Topliss-reactive ketones (excluding diaryl/α,β-unsaturated/α-hetero) is 1. The lowest BCUT2D eigenvalue weighted by molar-refractivity contribution is -0.318. The number of ether oxygens (including phenoxy) is 6. The van der Waals surface area contributed by atoms with Gasteiger partial charge in [0.15, 0.2) is 29.7 Å². The summed E-state index contributed by atoms with van der Waals surface area (Å²) in [5, 5.41) is 81.5. The van der Waals surface area contributed by atoms with E-state index >= 15 is 0 Å². The Morgan fingerprint density at radius 3 is 2.45 bits per heavy atom. The molecular weight excluding hydrogens is 564 g/mol. The van der Waals surface area contributed by atoms with Gasteiger partial charge in [0.25, 0.3) is 0 Å². The third-order valence-corrected chi connectivity index (χ3v) is 7.50. The predicted molar refractivity (Wildman–Crippen MR) is 136 cm³/mol. The van der Waals surface area contributed by atoms with E-state index < -0.39 is 86.2 Å². The van der Waals surface area contributed by atoms with Crippen LogP contribution in [-0.2, 0) is 14.2 Å². The zero-order valence-electron chi connectivity index (χ0n) is 22.3. The van der Waals surface area contributed by atoms with E-state index in [1.807, 2.05) is 0 Å². The smallest absolute Gasteiger partial charge is 0.229 e. The number of hydrogen-bond acceptors (Lipinski definition) is 15. The lowest BCUT2D eigenvalue weighted by Crippen LogP contribution is -2.62. The van der Waals surface area contributed by atoms with Crippen LogP contribution >= 0.6 is 0 Å². The topological polar surface area (TPSA) is 234 Å². The van der Waals surface area contributed by atoms with Gasteiger partial charge in [-0.25, -0.2) is 0 Å². The summed E-state index contributed by atoms with van der Waals surface area (Å²) in [6, 6.07) is 6.83. The SMILES string of the molecule is COc1cc([C@H]2CC(=O)c3c(O)cc(O[C@H]4O[C@H](CO)[C@@H](O)[C@@H](O)[C@@H]4O[C@H]4OC[C@](O)(CO)[C@H]4O)cc3O2)ccc1O. The molecule has 0 radical (unpaired) electrons. The molecule has 2 fully saturated rings. The number of aromatic hydroxyl groups is 2. The number of hydrogen-bond donors (Lipinski definition) is 8. The standard InChI is InChI=1S/C27H32O15/c1-37-17-4-11(2-3-13(17)30)16-7-15(32)20-14(31)5-12(6-18(20)40-16)39-25-23(22(34)21(33)19(8-28)41-25)42-26-24(35)27(36,9-29)10-38-26/h2-6,16,19,21-26,28-31,33-36H,7-10H2,1H3/t16-,19-,21-,22-,23+,24+,25+,26-,27-/m1/s1. The molecule has 9 atom stereocenters. The quantitative estimate of drug-likeness (QED) is 0.172. The van der Waals surface area contributed by atoms with Crippen LogP contribution in [-0.4, -0.2) is 122 Å². The lowest BCUT2D eigenvalue weighted by atomic mass is 9.95. The first-order chi connectivity index (χ1) is 20.0. The van der Waals surface area contributed by atoms with E-state index in [1.165, 1.54) is 25.3 Å². The fourth-order valence-corrected chi connectivity index (χ4v) is 5.06. The molecular formula is C27H32O15. The van der Waals surface area contributed by atoms with Gasteiger partial charge >= 0.3 is 0 Å². The van der Waals surface area contributed by atoms with Gasteiger partial charge in [0.1, 0.15) is 58.9 Å². The Balaban J connectivity index is 1.41. The molecule has 0 aliphatic carbocycles. The molecule has 3 aliphatic heterocycles. The largest absolute Gasteiger partial charge is 0.507 e. The van der Waals surface area contributed by atoms with Gasteiger partial charge in [-0.1, -0.05) is 6.07 Å². The molecule has 0 bridgehead atoms. The van der Waals surface area contributed by atoms with Crippen molar-refractivity contribution in [2.24, 2.45) is 0 Å².